The van der Waals surface area contributed by atoms with Crippen LogP contribution < -0.4 is 5.73 Å². The number of benzene rings is 2. The van der Waals surface area contributed by atoms with Gasteiger partial charge >= 0.3 is 0 Å². The molecule has 1 nitrogen and oxygen atoms in total. The van der Waals surface area contributed by atoms with Crippen molar-refractivity contribution in [2.24, 2.45) is 5.73 Å². The minimum atomic E-state index is -0.150. The number of thioether (sulfide) groups is 1. The van der Waals surface area contributed by atoms with E-state index in [1.54, 1.807) is 6.07 Å². The summed E-state index contributed by atoms with van der Waals surface area (Å²) in [6, 6.07) is 11.9. The van der Waals surface area contributed by atoms with Crippen molar-refractivity contribution < 1.29 is 4.39 Å². The van der Waals surface area contributed by atoms with E-state index in [2.05, 4.69) is 32.0 Å². The molecule has 2 N–H and O–H groups in total. The summed E-state index contributed by atoms with van der Waals surface area (Å²) in [5.74, 6) is 0.633. The lowest BCUT2D eigenvalue weighted by Gasteiger charge is -2.09. The molecule has 0 aliphatic heterocycles. The lowest BCUT2D eigenvalue weighted by Crippen LogP contribution is -2.17. The molecule has 0 saturated heterocycles. The molecule has 0 radical (unpaired) electrons. The second-order valence-corrected chi connectivity index (χ2v) is 6.75. The van der Waals surface area contributed by atoms with Gasteiger partial charge in [-0.05, 0) is 50.5 Å². The maximum absolute atomic E-state index is 14.1. The SMILES string of the molecule is Cc1cc(C)cc(CSc2ccc(CC(C)N)cc2F)c1. The third-order valence-corrected chi connectivity index (χ3v) is 4.35. The predicted molar refractivity (Wildman–Crippen MR) is 89.2 cm³/mol. The summed E-state index contributed by atoms with van der Waals surface area (Å²) in [7, 11) is 0. The van der Waals surface area contributed by atoms with E-state index in [0.29, 0.717) is 11.3 Å². The van der Waals surface area contributed by atoms with Crippen molar-refractivity contribution in [1.29, 1.82) is 0 Å². The molecule has 1 unspecified atom stereocenters. The van der Waals surface area contributed by atoms with E-state index in [1.165, 1.54) is 28.5 Å². The predicted octanol–water partition coefficient (Wildman–Crippen LogP) is 4.62. The topological polar surface area (TPSA) is 26.0 Å². The Balaban J connectivity index is 2.06. The van der Waals surface area contributed by atoms with Crippen molar-refractivity contribution in [2.45, 2.75) is 43.9 Å². The zero-order chi connectivity index (χ0) is 15.4. The van der Waals surface area contributed by atoms with Gasteiger partial charge in [0.25, 0.3) is 0 Å². The molecule has 0 aromatic heterocycles. The van der Waals surface area contributed by atoms with Gasteiger partial charge in [-0.15, -0.1) is 11.8 Å². The van der Waals surface area contributed by atoms with E-state index in [9.17, 15) is 4.39 Å². The van der Waals surface area contributed by atoms with E-state index in [-0.39, 0.29) is 11.9 Å². The summed E-state index contributed by atoms with van der Waals surface area (Å²) in [6.45, 7) is 6.11. The van der Waals surface area contributed by atoms with Crippen LogP contribution >= 0.6 is 11.8 Å². The molecule has 0 spiro atoms. The van der Waals surface area contributed by atoms with Crippen molar-refractivity contribution in [3.8, 4) is 0 Å². The minimum Gasteiger partial charge on any atom is -0.328 e. The summed E-state index contributed by atoms with van der Waals surface area (Å²) < 4.78 is 14.1. The van der Waals surface area contributed by atoms with Gasteiger partial charge in [0.1, 0.15) is 5.82 Å². The molecule has 0 bridgehead atoms. The van der Waals surface area contributed by atoms with Crippen molar-refractivity contribution >= 4 is 11.8 Å². The van der Waals surface area contributed by atoms with Crippen LogP contribution in [0.5, 0.6) is 0 Å². The lowest BCUT2D eigenvalue weighted by atomic mass is 10.1. The Kier molecular flexibility index (Phi) is 5.43. The van der Waals surface area contributed by atoms with Crippen LogP contribution in [0.1, 0.15) is 29.2 Å². The van der Waals surface area contributed by atoms with Crippen LogP contribution in [0, 0.1) is 19.7 Å². The number of nitrogens with two attached hydrogens (primary N) is 1. The first-order chi connectivity index (χ1) is 9.94. The van der Waals surface area contributed by atoms with Gasteiger partial charge in [-0.25, -0.2) is 4.39 Å². The fraction of sp³-hybridized carbons (Fsp3) is 0.333. The molecular formula is C18H22FNS. The van der Waals surface area contributed by atoms with Crippen LogP contribution in [0.4, 0.5) is 4.39 Å². The molecule has 0 saturated carbocycles. The maximum atomic E-state index is 14.1. The summed E-state index contributed by atoms with van der Waals surface area (Å²) in [4.78, 5) is 0.697. The summed E-state index contributed by atoms with van der Waals surface area (Å²) in [6.07, 6.45) is 0.707. The monoisotopic (exact) mass is 303 g/mol. The molecule has 0 fully saturated rings. The molecule has 2 aromatic carbocycles. The van der Waals surface area contributed by atoms with E-state index in [1.807, 2.05) is 19.1 Å². The quantitative estimate of drug-likeness (QED) is 0.815. The van der Waals surface area contributed by atoms with Gasteiger partial charge in [0.2, 0.25) is 0 Å². The zero-order valence-corrected chi connectivity index (χ0v) is 13.6. The summed E-state index contributed by atoms with van der Waals surface area (Å²) >= 11 is 1.54. The van der Waals surface area contributed by atoms with Crippen LogP contribution in [-0.4, -0.2) is 6.04 Å². The summed E-state index contributed by atoms with van der Waals surface area (Å²) in [5, 5.41) is 0. The fourth-order valence-electron chi connectivity index (χ4n) is 2.47. The standard InChI is InChI=1S/C18H22FNS/c1-12-6-13(2)8-16(7-12)11-21-18-5-4-15(9-14(3)20)10-17(18)19/h4-8,10,14H,9,11,20H2,1-3H3. The summed E-state index contributed by atoms with van der Waals surface area (Å²) in [5.41, 5.74) is 10.4. The molecular weight excluding hydrogens is 281 g/mol. The fourth-order valence-corrected chi connectivity index (χ4v) is 3.32. The first-order valence-corrected chi connectivity index (χ1v) is 8.16. The number of aryl methyl sites for hydroxylation is 2. The number of hydrogen-bond donors (Lipinski definition) is 1. The lowest BCUT2D eigenvalue weighted by molar-refractivity contribution is 0.597. The van der Waals surface area contributed by atoms with Crippen molar-refractivity contribution in [2.75, 3.05) is 0 Å². The Hall–Kier alpha value is -1.32. The van der Waals surface area contributed by atoms with Crippen molar-refractivity contribution in [1.82, 2.24) is 0 Å². The third kappa shape index (κ3) is 4.87. The Morgan fingerprint density at radius 1 is 1.05 bits per heavy atom. The van der Waals surface area contributed by atoms with Crippen LogP contribution in [-0.2, 0) is 12.2 Å². The molecule has 0 heterocycles. The molecule has 112 valence electrons. The zero-order valence-electron chi connectivity index (χ0n) is 12.8. The smallest absolute Gasteiger partial charge is 0.137 e. The van der Waals surface area contributed by atoms with Gasteiger partial charge in [0.05, 0.1) is 0 Å². The minimum absolute atomic E-state index is 0.0539. The second-order valence-electron chi connectivity index (χ2n) is 5.73. The van der Waals surface area contributed by atoms with Gasteiger partial charge in [0, 0.05) is 16.7 Å². The average Bonchev–Trinajstić information content (AvgIpc) is 2.36. The number of hydrogen-bond acceptors (Lipinski definition) is 2. The highest BCUT2D eigenvalue weighted by Gasteiger charge is 2.07. The van der Waals surface area contributed by atoms with Crippen molar-refractivity contribution in [3.63, 3.8) is 0 Å². The molecule has 0 amide bonds. The van der Waals surface area contributed by atoms with Gasteiger partial charge in [-0.2, -0.15) is 0 Å². The Morgan fingerprint density at radius 3 is 2.29 bits per heavy atom. The van der Waals surface area contributed by atoms with E-state index < -0.39 is 0 Å². The Morgan fingerprint density at radius 2 is 1.71 bits per heavy atom. The average molecular weight is 303 g/mol. The highest BCUT2D eigenvalue weighted by atomic mass is 32.2. The molecule has 21 heavy (non-hydrogen) atoms. The highest BCUT2D eigenvalue weighted by molar-refractivity contribution is 7.98. The van der Waals surface area contributed by atoms with Crippen molar-refractivity contribution in [3.05, 3.63) is 64.5 Å². The maximum Gasteiger partial charge on any atom is 0.137 e. The first kappa shape index (κ1) is 16.1. The largest absolute Gasteiger partial charge is 0.328 e. The molecule has 2 aromatic rings. The van der Waals surface area contributed by atoms with Gasteiger partial charge < -0.3 is 5.73 Å². The number of rotatable bonds is 5. The Bertz CT molecular complexity index is 602. The molecule has 0 aliphatic carbocycles. The van der Waals surface area contributed by atoms with E-state index in [4.69, 9.17) is 5.73 Å². The van der Waals surface area contributed by atoms with Crippen LogP contribution in [0.3, 0.4) is 0 Å². The van der Waals surface area contributed by atoms with Crippen LogP contribution in [0.15, 0.2) is 41.3 Å². The van der Waals surface area contributed by atoms with Gasteiger partial charge in [0.15, 0.2) is 0 Å². The molecule has 1 atom stereocenters. The van der Waals surface area contributed by atoms with Gasteiger partial charge in [-0.3, -0.25) is 0 Å². The second kappa shape index (κ2) is 7.10. The van der Waals surface area contributed by atoms with Crippen LogP contribution in [0.2, 0.25) is 0 Å². The van der Waals surface area contributed by atoms with Gasteiger partial charge in [-0.1, -0.05) is 35.4 Å². The molecule has 0 aliphatic rings. The number of halogens is 1. The van der Waals surface area contributed by atoms with Crippen LogP contribution in [0.25, 0.3) is 0 Å². The molecule has 2 rings (SSSR count). The van der Waals surface area contributed by atoms with E-state index >= 15 is 0 Å². The normalized spacial score (nSPS) is 12.4. The third-order valence-electron chi connectivity index (χ3n) is 3.23. The van der Waals surface area contributed by atoms with E-state index in [0.717, 1.165) is 11.3 Å². The Labute approximate surface area is 130 Å². The highest BCUT2D eigenvalue weighted by Crippen LogP contribution is 2.27. The molecule has 3 heteroatoms. The first-order valence-electron chi connectivity index (χ1n) is 7.18.